The lowest BCUT2D eigenvalue weighted by atomic mass is 10.1. The maximum absolute atomic E-state index is 12.6. The summed E-state index contributed by atoms with van der Waals surface area (Å²) in [7, 11) is 0. The van der Waals surface area contributed by atoms with Crippen LogP contribution < -0.4 is 15.8 Å². The van der Waals surface area contributed by atoms with Crippen LogP contribution in [0.5, 0.6) is 5.75 Å². The zero-order valence-corrected chi connectivity index (χ0v) is 15.5. The summed E-state index contributed by atoms with van der Waals surface area (Å²) >= 11 is 0. The van der Waals surface area contributed by atoms with Crippen LogP contribution in [0.1, 0.15) is 35.2 Å². The molecule has 0 saturated carbocycles. The molecule has 1 fully saturated rings. The first-order valence-electron chi connectivity index (χ1n) is 9.21. The number of nitrogens with zero attached hydrogens (tertiary/aromatic N) is 1. The Balaban J connectivity index is 1.61. The highest BCUT2D eigenvalue weighted by atomic mass is 16.5. The Morgan fingerprint density at radius 1 is 1.11 bits per heavy atom. The highest BCUT2D eigenvalue weighted by Crippen LogP contribution is 2.24. The van der Waals surface area contributed by atoms with Crippen LogP contribution in [-0.4, -0.2) is 35.8 Å². The molecule has 28 heavy (non-hydrogen) atoms. The minimum absolute atomic E-state index is 0.100. The molecular weight excluding hydrogens is 358 g/mol. The molecule has 2 aromatic carbocycles. The van der Waals surface area contributed by atoms with E-state index in [0.717, 1.165) is 18.5 Å². The standard InChI is InChI=1S/C21H23N3O4/c22-19(25)11-13-28-18-5-2-1-4-17(18)23-21(27)16-9-7-15(8-10-16)14-24-12-3-6-20(24)26/h1-2,4-5,7-10H,3,6,11-14H2,(H2,22,25)(H,23,27). The molecule has 1 saturated heterocycles. The van der Waals surface area contributed by atoms with Crippen LogP contribution in [0.25, 0.3) is 0 Å². The zero-order valence-electron chi connectivity index (χ0n) is 15.5. The molecule has 0 unspecified atom stereocenters. The van der Waals surface area contributed by atoms with E-state index in [0.29, 0.717) is 30.0 Å². The van der Waals surface area contributed by atoms with E-state index in [4.69, 9.17) is 10.5 Å². The van der Waals surface area contributed by atoms with Crippen LogP contribution in [-0.2, 0) is 16.1 Å². The van der Waals surface area contributed by atoms with E-state index in [1.165, 1.54) is 0 Å². The highest BCUT2D eigenvalue weighted by molar-refractivity contribution is 6.05. The summed E-state index contributed by atoms with van der Waals surface area (Å²) in [4.78, 5) is 36.9. The number of hydrogen-bond acceptors (Lipinski definition) is 4. The smallest absolute Gasteiger partial charge is 0.255 e. The number of primary amides is 1. The maximum atomic E-state index is 12.6. The molecule has 3 amide bonds. The first-order chi connectivity index (χ1) is 13.5. The lowest BCUT2D eigenvalue weighted by Crippen LogP contribution is -2.23. The molecule has 0 bridgehead atoms. The summed E-state index contributed by atoms with van der Waals surface area (Å²) < 4.78 is 5.54. The predicted octanol–water partition coefficient (Wildman–Crippen LogP) is 2.32. The number of ether oxygens (including phenoxy) is 1. The van der Waals surface area contributed by atoms with Crippen molar-refractivity contribution in [3.05, 3.63) is 59.7 Å². The van der Waals surface area contributed by atoms with Gasteiger partial charge in [-0.3, -0.25) is 14.4 Å². The lowest BCUT2D eigenvalue weighted by molar-refractivity contribution is -0.128. The molecule has 0 spiro atoms. The third-order valence-corrected chi connectivity index (χ3v) is 4.50. The highest BCUT2D eigenvalue weighted by Gasteiger charge is 2.20. The van der Waals surface area contributed by atoms with Crippen molar-refractivity contribution >= 4 is 23.4 Å². The van der Waals surface area contributed by atoms with Crippen LogP contribution in [0, 0.1) is 0 Å². The first kappa shape index (κ1) is 19.4. The van der Waals surface area contributed by atoms with Gasteiger partial charge in [-0.05, 0) is 36.2 Å². The Hall–Kier alpha value is -3.35. The molecule has 3 rings (SSSR count). The number of rotatable bonds is 8. The second-order valence-corrected chi connectivity index (χ2v) is 6.63. The average molecular weight is 381 g/mol. The summed E-state index contributed by atoms with van der Waals surface area (Å²) in [6.07, 6.45) is 1.62. The van der Waals surface area contributed by atoms with E-state index in [2.05, 4.69) is 5.32 Å². The molecule has 0 atom stereocenters. The maximum Gasteiger partial charge on any atom is 0.255 e. The van der Waals surface area contributed by atoms with Gasteiger partial charge in [-0.15, -0.1) is 0 Å². The second-order valence-electron chi connectivity index (χ2n) is 6.63. The molecule has 1 aliphatic heterocycles. The molecule has 2 aromatic rings. The van der Waals surface area contributed by atoms with Gasteiger partial charge in [-0.1, -0.05) is 24.3 Å². The SMILES string of the molecule is NC(=O)CCOc1ccccc1NC(=O)c1ccc(CN2CCCC2=O)cc1. The summed E-state index contributed by atoms with van der Waals surface area (Å²) in [6, 6.07) is 14.2. The van der Waals surface area contributed by atoms with Crippen molar-refractivity contribution in [3.63, 3.8) is 0 Å². The van der Waals surface area contributed by atoms with Crippen molar-refractivity contribution in [2.24, 2.45) is 5.73 Å². The fourth-order valence-corrected chi connectivity index (χ4v) is 3.00. The largest absolute Gasteiger partial charge is 0.491 e. The number of likely N-dealkylation sites (tertiary alicyclic amines) is 1. The Kier molecular flexibility index (Phi) is 6.26. The molecule has 7 heteroatoms. The molecule has 0 aliphatic carbocycles. The monoisotopic (exact) mass is 381 g/mol. The number of para-hydroxylation sites is 2. The predicted molar refractivity (Wildman–Crippen MR) is 105 cm³/mol. The Bertz CT molecular complexity index is 864. The van der Waals surface area contributed by atoms with Crippen molar-refractivity contribution in [1.82, 2.24) is 4.90 Å². The third-order valence-electron chi connectivity index (χ3n) is 4.50. The minimum Gasteiger partial charge on any atom is -0.491 e. The van der Waals surface area contributed by atoms with Gasteiger partial charge in [0.1, 0.15) is 5.75 Å². The number of amides is 3. The summed E-state index contributed by atoms with van der Waals surface area (Å²) in [6.45, 7) is 1.50. The number of carbonyl (C=O) groups excluding carboxylic acids is 3. The number of anilines is 1. The van der Waals surface area contributed by atoms with E-state index >= 15 is 0 Å². The molecule has 1 heterocycles. The van der Waals surface area contributed by atoms with Gasteiger partial charge < -0.3 is 20.7 Å². The molecule has 7 nitrogen and oxygen atoms in total. The van der Waals surface area contributed by atoms with Gasteiger partial charge in [0.05, 0.1) is 18.7 Å². The van der Waals surface area contributed by atoms with Crippen LogP contribution in [0.3, 0.4) is 0 Å². The number of carbonyl (C=O) groups is 3. The van der Waals surface area contributed by atoms with Crippen molar-refractivity contribution < 1.29 is 19.1 Å². The Labute approximate surface area is 163 Å². The van der Waals surface area contributed by atoms with Crippen molar-refractivity contribution in [1.29, 1.82) is 0 Å². The normalized spacial score (nSPS) is 13.4. The van der Waals surface area contributed by atoms with Gasteiger partial charge in [0.25, 0.3) is 5.91 Å². The number of hydrogen-bond donors (Lipinski definition) is 2. The Morgan fingerprint density at radius 2 is 1.86 bits per heavy atom. The third kappa shape index (κ3) is 5.09. The molecular formula is C21H23N3O4. The second kappa shape index (κ2) is 9.03. The summed E-state index contributed by atoms with van der Waals surface area (Å²) in [5, 5.41) is 2.82. The quantitative estimate of drug-likeness (QED) is 0.732. The molecule has 1 aliphatic rings. The van der Waals surface area contributed by atoms with Gasteiger partial charge >= 0.3 is 0 Å². The van der Waals surface area contributed by atoms with Crippen LogP contribution in [0.4, 0.5) is 5.69 Å². The molecule has 146 valence electrons. The van der Waals surface area contributed by atoms with Crippen molar-refractivity contribution in [2.45, 2.75) is 25.8 Å². The van der Waals surface area contributed by atoms with E-state index in [1.807, 2.05) is 17.0 Å². The average Bonchev–Trinajstić information content (AvgIpc) is 3.08. The molecule has 3 N–H and O–H groups in total. The summed E-state index contributed by atoms with van der Waals surface area (Å²) in [5.74, 6) is -0.0667. The topological polar surface area (TPSA) is 102 Å². The fraction of sp³-hybridized carbons (Fsp3) is 0.286. The Morgan fingerprint density at radius 3 is 2.54 bits per heavy atom. The van der Waals surface area contributed by atoms with Gasteiger partial charge in [-0.2, -0.15) is 0 Å². The number of nitrogens with one attached hydrogen (secondary N) is 1. The fourth-order valence-electron chi connectivity index (χ4n) is 3.00. The van der Waals surface area contributed by atoms with E-state index < -0.39 is 5.91 Å². The lowest BCUT2D eigenvalue weighted by Gasteiger charge is -2.16. The minimum atomic E-state index is -0.447. The van der Waals surface area contributed by atoms with Crippen LogP contribution in [0.15, 0.2) is 48.5 Å². The van der Waals surface area contributed by atoms with Crippen LogP contribution in [0.2, 0.25) is 0 Å². The van der Waals surface area contributed by atoms with Crippen molar-refractivity contribution in [3.8, 4) is 5.75 Å². The number of benzene rings is 2. The van der Waals surface area contributed by atoms with E-state index in [-0.39, 0.29) is 24.8 Å². The van der Waals surface area contributed by atoms with Gasteiger partial charge in [0.15, 0.2) is 0 Å². The van der Waals surface area contributed by atoms with Crippen molar-refractivity contribution in [2.75, 3.05) is 18.5 Å². The van der Waals surface area contributed by atoms with Crippen LogP contribution >= 0.6 is 0 Å². The van der Waals surface area contributed by atoms with Gasteiger partial charge in [0, 0.05) is 25.1 Å². The molecule has 0 radical (unpaired) electrons. The van der Waals surface area contributed by atoms with Gasteiger partial charge in [0.2, 0.25) is 11.8 Å². The van der Waals surface area contributed by atoms with Gasteiger partial charge in [-0.25, -0.2) is 0 Å². The number of nitrogens with two attached hydrogens (primary N) is 1. The zero-order chi connectivity index (χ0) is 19.9. The van der Waals surface area contributed by atoms with E-state index in [9.17, 15) is 14.4 Å². The van der Waals surface area contributed by atoms with E-state index in [1.54, 1.807) is 36.4 Å². The summed E-state index contributed by atoms with van der Waals surface area (Å²) in [5.41, 5.74) is 7.12. The molecule has 0 aromatic heterocycles. The first-order valence-corrected chi connectivity index (χ1v) is 9.21.